The Kier molecular flexibility index (Phi) is 5.87. The van der Waals surface area contributed by atoms with Crippen molar-refractivity contribution in [1.29, 1.82) is 0 Å². The molecule has 0 N–H and O–H groups in total. The van der Waals surface area contributed by atoms with E-state index < -0.39 is 0 Å². The smallest absolute Gasteiger partial charge is 0.145 e. The van der Waals surface area contributed by atoms with Crippen LogP contribution in [0.2, 0.25) is 0 Å². The summed E-state index contributed by atoms with van der Waals surface area (Å²) in [7, 11) is 0. The lowest BCUT2D eigenvalue weighted by atomic mass is 9.97. The van der Waals surface area contributed by atoms with E-state index in [0.29, 0.717) is 0 Å². The first kappa shape index (κ1) is 26.7. The lowest BCUT2D eigenvalue weighted by Gasteiger charge is -2.15. The molecule has 10 rings (SSSR count). The molecule has 3 aromatic heterocycles. The number of pyridine rings is 1. The molecule has 0 aliphatic heterocycles. The Bertz CT molecular complexity index is 2750. The SMILES string of the molecule is c1ccc(-c2cc(-c3ccccc3)nc(-c3cc4c5ccccc5oc4c4c5ccc6ccccc6c5n(-c5ccccc5)c34)c2)cc1. The van der Waals surface area contributed by atoms with Crippen molar-refractivity contribution < 1.29 is 4.42 Å². The van der Waals surface area contributed by atoms with Crippen LogP contribution in [0.5, 0.6) is 0 Å². The van der Waals surface area contributed by atoms with Gasteiger partial charge in [0.15, 0.2) is 0 Å². The highest BCUT2D eigenvalue weighted by molar-refractivity contribution is 6.30. The third-order valence-corrected chi connectivity index (χ3v) is 9.55. The summed E-state index contributed by atoms with van der Waals surface area (Å²) < 4.78 is 9.20. The molecule has 3 heterocycles. The van der Waals surface area contributed by atoms with Crippen molar-refractivity contribution in [3.8, 4) is 39.3 Å². The average Bonchev–Trinajstić information content (AvgIpc) is 3.72. The largest absolute Gasteiger partial charge is 0.455 e. The summed E-state index contributed by atoms with van der Waals surface area (Å²) in [6.07, 6.45) is 0. The third kappa shape index (κ3) is 4.04. The topological polar surface area (TPSA) is 31.0 Å². The van der Waals surface area contributed by atoms with E-state index in [1.165, 1.54) is 10.8 Å². The fourth-order valence-electron chi connectivity index (χ4n) is 7.39. The summed E-state index contributed by atoms with van der Waals surface area (Å²) >= 11 is 0. The van der Waals surface area contributed by atoms with E-state index in [1.807, 2.05) is 6.07 Å². The monoisotopic (exact) mass is 612 g/mol. The number of nitrogens with zero attached hydrogens (tertiary/aromatic N) is 2. The number of benzene rings is 7. The molecule has 7 aromatic carbocycles. The average molecular weight is 613 g/mol. The van der Waals surface area contributed by atoms with E-state index in [1.54, 1.807) is 0 Å². The second kappa shape index (κ2) is 10.5. The second-order valence-electron chi connectivity index (χ2n) is 12.3. The maximum Gasteiger partial charge on any atom is 0.145 e. The van der Waals surface area contributed by atoms with Crippen LogP contribution >= 0.6 is 0 Å². The molecule has 0 saturated carbocycles. The standard InChI is InChI=1S/C45H28N2O/c1-4-14-29(15-5-1)32-26-39(31-17-6-2-7-18-31)46-40(27-32)38-28-37-35-22-12-13-23-41(35)48-45(37)42-36-25-24-30-16-10-11-21-34(30)43(36)47(44(38)42)33-19-8-3-9-20-33/h1-28H. The molecular formula is C45H28N2O. The molecule has 3 nitrogen and oxygen atoms in total. The molecule has 0 amide bonds. The number of para-hydroxylation sites is 2. The minimum atomic E-state index is 0.878. The summed E-state index contributed by atoms with van der Waals surface area (Å²) in [5.74, 6) is 0. The van der Waals surface area contributed by atoms with E-state index in [9.17, 15) is 0 Å². The van der Waals surface area contributed by atoms with Crippen LogP contribution in [0.3, 0.4) is 0 Å². The fourth-order valence-corrected chi connectivity index (χ4v) is 7.39. The van der Waals surface area contributed by atoms with Crippen LogP contribution in [0.4, 0.5) is 0 Å². The first-order valence-electron chi connectivity index (χ1n) is 16.3. The highest BCUT2D eigenvalue weighted by Crippen LogP contribution is 2.47. The summed E-state index contributed by atoms with van der Waals surface area (Å²) in [6.45, 7) is 0. The Morgan fingerprint density at radius 1 is 0.438 bits per heavy atom. The van der Waals surface area contributed by atoms with Gasteiger partial charge in [0.05, 0.1) is 27.8 Å². The van der Waals surface area contributed by atoms with Crippen molar-refractivity contribution in [3.63, 3.8) is 0 Å². The van der Waals surface area contributed by atoms with Gasteiger partial charge in [-0.25, -0.2) is 4.98 Å². The van der Waals surface area contributed by atoms with Gasteiger partial charge in [0.2, 0.25) is 0 Å². The Hall–Kier alpha value is -6.45. The molecule has 0 atom stereocenters. The van der Waals surface area contributed by atoms with Gasteiger partial charge in [-0.05, 0) is 52.9 Å². The molecule has 0 spiro atoms. The number of furan rings is 1. The van der Waals surface area contributed by atoms with Crippen molar-refractivity contribution >= 4 is 54.5 Å². The van der Waals surface area contributed by atoms with Gasteiger partial charge in [-0.1, -0.05) is 133 Å². The van der Waals surface area contributed by atoms with E-state index >= 15 is 0 Å². The van der Waals surface area contributed by atoms with Crippen molar-refractivity contribution in [3.05, 3.63) is 170 Å². The lowest BCUT2D eigenvalue weighted by Crippen LogP contribution is -1.98. The molecule has 0 saturated heterocycles. The van der Waals surface area contributed by atoms with Crippen LogP contribution in [-0.4, -0.2) is 9.55 Å². The quantitative estimate of drug-likeness (QED) is 0.198. The van der Waals surface area contributed by atoms with E-state index in [4.69, 9.17) is 9.40 Å². The normalized spacial score (nSPS) is 11.8. The molecule has 224 valence electrons. The van der Waals surface area contributed by atoms with Crippen LogP contribution in [0.1, 0.15) is 0 Å². The molecule has 0 aliphatic carbocycles. The van der Waals surface area contributed by atoms with Crippen LogP contribution in [0.25, 0.3) is 93.8 Å². The zero-order valence-corrected chi connectivity index (χ0v) is 26.0. The Morgan fingerprint density at radius 3 is 1.88 bits per heavy atom. The van der Waals surface area contributed by atoms with Crippen molar-refractivity contribution in [1.82, 2.24) is 9.55 Å². The molecule has 0 bridgehead atoms. The van der Waals surface area contributed by atoms with Gasteiger partial charge in [0, 0.05) is 38.4 Å². The first-order chi connectivity index (χ1) is 23.8. The molecule has 0 unspecified atom stereocenters. The van der Waals surface area contributed by atoms with Crippen LogP contribution in [-0.2, 0) is 0 Å². The molecule has 0 fully saturated rings. The second-order valence-corrected chi connectivity index (χ2v) is 12.3. The van der Waals surface area contributed by atoms with Crippen LogP contribution in [0.15, 0.2) is 174 Å². The van der Waals surface area contributed by atoms with Gasteiger partial charge in [0.25, 0.3) is 0 Å². The highest BCUT2D eigenvalue weighted by atomic mass is 16.3. The third-order valence-electron chi connectivity index (χ3n) is 9.55. The number of aromatic nitrogens is 2. The summed E-state index contributed by atoms with van der Waals surface area (Å²) in [5.41, 5.74) is 11.4. The maximum absolute atomic E-state index is 6.78. The minimum Gasteiger partial charge on any atom is -0.455 e. The van der Waals surface area contributed by atoms with Gasteiger partial charge in [-0.15, -0.1) is 0 Å². The predicted octanol–water partition coefficient (Wildman–Crippen LogP) is 12.2. The molecule has 3 heteroatoms. The summed E-state index contributed by atoms with van der Waals surface area (Å²) in [6, 6.07) is 60.0. The summed E-state index contributed by atoms with van der Waals surface area (Å²) in [4.78, 5) is 5.44. The lowest BCUT2D eigenvalue weighted by molar-refractivity contribution is 0.673. The van der Waals surface area contributed by atoms with E-state index in [0.717, 1.165) is 83.1 Å². The number of fused-ring (bicyclic) bond motifs is 9. The summed E-state index contributed by atoms with van der Waals surface area (Å²) in [5, 5.41) is 6.82. The highest BCUT2D eigenvalue weighted by Gasteiger charge is 2.25. The van der Waals surface area contributed by atoms with Gasteiger partial charge < -0.3 is 8.98 Å². The molecular weight excluding hydrogens is 585 g/mol. The van der Waals surface area contributed by atoms with Gasteiger partial charge >= 0.3 is 0 Å². The predicted molar refractivity (Wildman–Crippen MR) is 200 cm³/mol. The van der Waals surface area contributed by atoms with Crippen molar-refractivity contribution in [2.45, 2.75) is 0 Å². The Balaban J connectivity index is 1.44. The van der Waals surface area contributed by atoms with Crippen molar-refractivity contribution in [2.75, 3.05) is 0 Å². The Morgan fingerprint density at radius 2 is 1.08 bits per heavy atom. The number of hydrogen-bond donors (Lipinski definition) is 0. The van der Waals surface area contributed by atoms with Gasteiger partial charge in [-0.2, -0.15) is 0 Å². The first-order valence-corrected chi connectivity index (χ1v) is 16.3. The molecule has 0 aliphatic rings. The van der Waals surface area contributed by atoms with Gasteiger partial charge in [-0.3, -0.25) is 0 Å². The van der Waals surface area contributed by atoms with E-state index in [-0.39, 0.29) is 0 Å². The molecule has 48 heavy (non-hydrogen) atoms. The van der Waals surface area contributed by atoms with Crippen molar-refractivity contribution in [2.24, 2.45) is 0 Å². The number of hydrogen-bond acceptors (Lipinski definition) is 2. The van der Waals surface area contributed by atoms with Crippen LogP contribution in [0, 0.1) is 0 Å². The maximum atomic E-state index is 6.78. The van der Waals surface area contributed by atoms with Crippen LogP contribution < -0.4 is 0 Å². The minimum absolute atomic E-state index is 0.878. The number of rotatable bonds is 4. The fraction of sp³-hybridized carbons (Fsp3) is 0. The molecule has 10 aromatic rings. The van der Waals surface area contributed by atoms with E-state index in [2.05, 4.69) is 168 Å². The zero-order chi connectivity index (χ0) is 31.6. The molecule has 0 radical (unpaired) electrons. The zero-order valence-electron chi connectivity index (χ0n) is 26.0. The van der Waals surface area contributed by atoms with Gasteiger partial charge in [0.1, 0.15) is 11.2 Å². The Labute approximate surface area is 277 Å².